The standard InChI is InChI=1S/C24H25N5O5S.Na.H/c1-28-13-18(12-26-28)17-9-22-23(25-11-17)6-4-16-3-5-19(10-21(16)24(22)30)27-35(31,32)29(2)14-20-15-33-7-8-34-20;;/h3-6,9-13,20,27H,7-8,14-15H2,1-2H3;;/t20-;;/m1../s1. The van der Waals surface area contributed by atoms with Gasteiger partial charge in [-0.05, 0) is 29.7 Å². The molecular weight excluding hydrogens is 493 g/mol. The van der Waals surface area contributed by atoms with Gasteiger partial charge in [-0.25, -0.2) is 0 Å². The number of aromatic nitrogens is 3. The van der Waals surface area contributed by atoms with Gasteiger partial charge in [-0.15, -0.1) is 0 Å². The van der Waals surface area contributed by atoms with Gasteiger partial charge in [0.05, 0.1) is 43.3 Å². The Morgan fingerprint density at radius 3 is 2.64 bits per heavy atom. The number of hydrogen-bond donors (Lipinski definition) is 1. The maximum atomic E-state index is 13.5. The average molecular weight is 520 g/mol. The summed E-state index contributed by atoms with van der Waals surface area (Å²) in [5.74, 6) is 0. The molecular formula is C24H26N5NaO5S. The van der Waals surface area contributed by atoms with Crippen LogP contribution in [0.15, 0.2) is 59.8 Å². The molecule has 0 radical (unpaired) electrons. The van der Waals surface area contributed by atoms with E-state index in [0.717, 1.165) is 11.1 Å². The van der Waals surface area contributed by atoms with Gasteiger partial charge >= 0.3 is 39.8 Å². The van der Waals surface area contributed by atoms with Crippen molar-refractivity contribution in [3.05, 3.63) is 65.2 Å². The molecule has 0 unspecified atom stereocenters. The Morgan fingerprint density at radius 2 is 1.92 bits per heavy atom. The molecule has 1 aliphatic heterocycles. The van der Waals surface area contributed by atoms with Crippen LogP contribution in [-0.2, 0) is 26.7 Å². The molecule has 2 aromatic carbocycles. The summed E-state index contributed by atoms with van der Waals surface area (Å²) in [5, 5.41) is 5.69. The second-order valence-electron chi connectivity index (χ2n) is 8.48. The summed E-state index contributed by atoms with van der Waals surface area (Å²) < 4.78 is 42.1. The molecule has 0 saturated carbocycles. The van der Waals surface area contributed by atoms with Crippen LogP contribution < -0.4 is 10.2 Å². The number of likely N-dealkylation sites (N-methyl/N-ethyl adjacent to an activating group) is 1. The van der Waals surface area contributed by atoms with Crippen molar-refractivity contribution in [2.45, 2.75) is 6.10 Å². The van der Waals surface area contributed by atoms with E-state index in [2.05, 4.69) is 14.8 Å². The van der Waals surface area contributed by atoms with Crippen molar-refractivity contribution < 1.29 is 17.9 Å². The first-order chi connectivity index (χ1) is 16.8. The summed E-state index contributed by atoms with van der Waals surface area (Å²) in [6.45, 7) is 1.43. The molecule has 0 spiro atoms. The maximum absolute atomic E-state index is 13.5. The van der Waals surface area contributed by atoms with Crippen LogP contribution >= 0.6 is 0 Å². The SMILES string of the molecule is CN(C[C@@H]1COCCO1)S(=O)(=O)Nc1ccc2ccc3ncc(-c4cnn(C)c4)cc3c(=O)c2c1.[NaH]. The fraction of sp³-hybridized carbons (Fsp3) is 0.292. The average Bonchev–Trinajstić information content (AvgIpc) is 3.23. The van der Waals surface area contributed by atoms with E-state index in [1.807, 2.05) is 13.2 Å². The van der Waals surface area contributed by atoms with Crippen molar-refractivity contribution in [1.29, 1.82) is 0 Å². The van der Waals surface area contributed by atoms with Crippen LogP contribution in [0.3, 0.4) is 0 Å². The molecule has 3 heterocycles. The molecule has 0 aliphatic carbocycles. The van der Waals surface area contributed by atoms with E-state index in [0.29, 0.717) is 41.5 Å². The summed E-state index contributed by atoms with van der Waals surface area (Å²) in [7, 11) is -0.578. The zero-order valence-electron chi connectivity index (χ0n) is 19.3. The van der Waals surface area contributed by atoms with Gasteiger partial charge in [-0.1, -0.05) is 12.1 Å². The van der Waals surface area contributed by atoms with Crippen LogP contribution in [-0.4, -0.2) is 96.6 Å². The van der Waals surface area contributed by atoms with E-state index in [1.54, 1.807) is 53.5 Å². The fourth-order valence-corrected chi connectivity index (χ4v) is 4.99. The minimum atomic E-state index is -3.87. The molecule has 1 atom stereocenters. The van der Waals surface area contributed by atoms with E-state index in [9.17, 15) is 13.2 Å². The number of nitrogens with one attached hydrogen (secondary N) is 1. The van der Waals surface area contributed by atoms with Crippen LogP contribution in [0.4, 0.5) is 5.69 Å². The summed E-state index contributed by atoms with van der Waals surface area (Å²) in [6, 6.07) is 10.3. The number of pyridine rings is 1. The van der Waals surface area contributed by atoms with Crippen LogP contribution in [0, 0.1) is 0 Å². The van der Waals surface area contributed by atoms with Gasteiger partial charge in [-0.2, -0.15) is 17.8 Å². The molecule has 5 rings (SSSR count). The Kier molecular flexibility index (Phi) is 8.10. The third-order valence-corrected chi connectivity index (χ3v) is 7.39. The second-order valence-corrected chi connectivity index (χ2v) is 10.3. The van der Waals surface area contributed by atoms with Gasteiger partial charge in [0.25, 0.3) is 0 Å². The molecule has 0 amide bonds. The van der Waals surface area contributed by atoms with Crippen molar-refractivity contribution in [3.63, 3.8) is 0 Å². The van der Waals surface area contributed by atoms with Crippen molar-refractivity contribution in [2.75, 3.05) is 38.1 Å². The van der Waals surface area contributed by atoms with Crippen LogP contribution in [0.2, 0.25) is 0 Å². The van der Waals surface area contributed by atoms with Gasteiger partial charge in [0.2, 0.25) is 0 Å². The summed E-state index contributed by atoms with van der Waals surface area (Å²) in [5.41, 5.74) is 2.23. The molecule has 1 fully saturated rings. The number of fused-ring (bicyclic) bond motifs is 2. The van der Waals surface area contributed by atoms with E-state index in [4.69, 9.17) is 9.47 Å². The van der Waals surface area contributed by atoms with E-state index in [-0.39, 0.29) is 53.3 Å². The summed E-state index contributed by atoms with van der Waals surface area (Å²) >= 11 is 0. The number of benzene rings is 1. The van der Waals surface area contributed by atoms with Crippen molar-refractivity contribution >= 4 is 67.1 Å². The van der Waals surface area contributed by atoms with Gasteiger partial charge in [0.1, 0.15) is 0 Å². The molecule has 1 N–H and O–H groups in total. The molecule has 1 aliphatic rings. The first-order valence-corrected chi connectivity index (χ1v) is 12.5. The Labute approximate surface area is 230 Å². The minimum absolute atomic E-state index is 0. The van der Waals surface area contributed by atoms with Gasteiger partial charge in [-0.3, -0.25) is 19.2 Å². The quantitative estimate of drug-likeness (QED) is 0.384. The summed E-state index contributed by atoms with van der Waals surface area (Å²) in [6.07, 6.45) is 4.94. The van der Waals surface area contributed by atoms with Crippen molar-refractivity contribution in [2.24, 2.45) is 7.05 Å². The van der Waals surface area contributed by atoms with Crippen LogP contribution in [0.1, 0.15) is 0 Å². The number of nitrogens with zero attached hydrogens (tertiary/aromatic N) is 4. The number of anilines is 1. The topological polar surface area (TPSA) is 116 Å². The Hall–Kier alpha value is -2.38. The monoisotopic (exact) mass is 519 g/mol. The van der Waals surface area contributed by atoms with E-state index >= 15 is 0 Å². The predicted octanol–water partition coefficient (Wildman–Crippen LogP) is 1.50. The molecule has 12 heteroatoms. The molecule has 10 nitrogen and oxygen atoms in total. The van der Waals surface area contributed by atoms with Gasteiger partial charge in [0.15, 0.2) is 5.43 Å². The Balaban J connectivity index is 0.00000304. The molecule has 184 valence electrons. The van der Waals surface area contributed by atoms with E-state index < -0.39 is 10.2 Å². The molecule has 1 saturated heterocycles. The van der Waals surface area contributed by atoms with E-state index in [1.165, 1.54) is 11.4 Å². The van der Waals surface area contributed by atoms with Crippen LogP contribution in [0.25, 0.3) is 32.8 Å². The summed E-state index contributed by atoms with van der Waals surface area (Å²) in [4.78, 5) is 18.0. The Morgan fingerprint density at radius 1 is 1.11 bits per heavy atom. The van der Waals surface area contributed by atoms with Crippen LogP contribution in [0.5, 0.6) is 0 Å². The number of aryl methyl sites for hydroxylation is 1. The third-order valence-electron chi connectivity index (χ3n) is 5.92. The van der Waals surface area contributed by atoms with Gasteiger partial charge in [0, 0.05) is 54.9 Å². The molecule has 2 aromatic heterocycles. The molecule has 36 heavy (non-hydrogen) atoms. The molecule has 0 bridgehead atoms. The fourth-order valence-electron chi connectivity index (χ4n) is 4.05. The first kappa shape index (κ1) is 26.7. The zero-order chi connectivity index (χ0) is 24.6. The molecule has 4 aromatic rings. The Bertz CT molecular complexity index is 1570. The second kappa shape index (κ2) is 10.9. The third kappa shape index (κ3) is 5.62. The number of rotatable bonds is 6. The number of ether oxygens (including phenoxy) is 2. The first-order valence-electron chi connectivity index (χ1n) is 11.1. The zero-order valence-corrected chi connectivity index (χ0v) is 20.2. The normalized spacial score (nSPS) is 16.2. The van der Waals surface area contributed by atoms with Gasteiger partial charge < -0.3 is 9.47 Å². The van der Waals surface area contributed by atoms with Crippen molar-refractivity contribution in [1.82, 2.24) is 19.1 Å². The predicted molar refractivity (Wildman–Crippen MR) is 141 cm³/mol. The van der Waals surface area contributed by atoms with Crippen molar-refractivity contribution in [3.8, 4) is 11.1 Å². The number of hydrogen-bond acceptors (Lipinski definition) is 7.